The number of carbonyl (C=O) groups excluding carboxylic acids is 2. The lowest BCUT2D eigenvalue weighted by molar-refractivity contribution is -0.138. The first-order chi connectivity index (χ1) is 19.4. The van der Waals surface area contributed by atoms with Crippen molar-refractivity contribution in [1.82, 2.24) is 9.80 Å². The van der Waals surface area contributed by atoms with Crippen molar-refractivity contribution in [3.63, 3.8) is 0 Å². The number of aliphatic hydroxyl groups is 1. The number of nitrogens with zero attached hydrogens (tertiary/aromatic N) is 3. The molecule has 0 spiro atoms. The molecule has 2 amide bonds. The summed E-state index contributed by atoms with van der Waals surface area (Å²) in [7, 11) is 1.40. The van der Waals surface area contributed by atoms with Crippen LogP contribution in [0.15, 0.2) is 52.7 Å². The zero-order chi connectivity index (χ0) is 29.9. The summed E-state index contributed by atoms with van der Waals surface area (Å²) in [5.74, 6) is -0.747. The fourth-order valence-electron chi connectivity index (χ4n) is 5.76. The van der Waals surface area contributed by atoms with Crippen LogP contribution >= 0.6 is 22.9 Å². The van der Waals surface area contributed by atoms with Gasteiger partial charge >= 0.3 is 0 Å². The average Bonchev–Trinajstić information content (AvgIpc) is 3.61. The predicted molar refractivity (Wildman–Crippen MR) is 155 cm³/mol. The number of halogens is 1. The number of aliphatic hydroxyl groups excluding tert-OH is 1. The minimum atomic E-state index is -4.57. The Labute approximate surface area is 247 Å². The maximum absolute atomic E-state index is 15.0. The molecule has 2 aliphatic heterocycles. The summed E-state index contributed by atoms with van der Waals surface area (Å²) in [5.41, 5.74) is -0.628. The third-order valence-electron chi connectivity index (χ3n) is 7.58. The highest BCUT2D eigenvalue weighted by Crippen LogP contribution is 2.55. The second-order valence-electron chi connectivity index (χ2n) is 10.2. The first-order valence-corrected chi connectivity index (χ1v) is 15.4. The van der Waals surface area contributed by atoms with Crippen LogP contribution < -0.4 is 13.8 Å². The second kappa shape index (κ2) is 10.6. The van der Waals surface area contributed by atoms with E-state index in [4.69, 9.17) is 21.1 Å². The first kappa shape index (κ1) is 29.3. The number of carbonyl (C=O) groups is 2. The summed E-state index contributed by atoms with van der Waals surface area (Å²) < 4.78 is 40.3. The summed E-state index contributed by atoms with van der Waals surface area (Å²) in [4.78, 5) is 31.8. The van der Waals surface area contributed by atoms with E-state index in [1.165, 1.54) is 60.8 Å². The molecule has 1 fully saturated rings. The molecule has 3 heterocycles. The van der Waals surface area contributed by atoms with Crippen molar-refractivity contribution in [3.8, 4) is 11.5 Å². The van der Waals surface area contributed by atoms with E-state index >= 15 is 4.79 Å². The predicted octanol–water partition coefficient (Wildman–Crippen LogP) is 3.23. The molecule has 2 aliphatic rings. The van der Waals surface area contributed by atoms with Crippen molar-refractivity contribution in [2.45, 2.75) is 35.9 Å². The summed E-state index contributed by atoms with van der Waals surface area (Å²) in [5, 5.41) is 12.9. The van der Waals surface area contributed by atoms with Crippen LogP contribution in [-0.2, 0) is 25.2 Å². The lowest BCUT2D eigenvalue weighted by Crippen LogP contribution is -2.59. The lowest BCUT2D eigenvalue weighted by atomic mass is 9.85. The molecule has 3 aromatic rings. The highest BCUT2D eigenvalue weighted by atomic mass is 35.5. The number of fused-ring (bicyclic) bond motifs is 1. The number of likely N-dealkylation sites (N-methyl/N-ethyl adjacent to an activating group) is 1. The molecule has 41 heavy (non-hydrogen) atoms. The minimum absolute atomic E-state index is 0.00488. The van der Waals surface area contributed by atoms with E-state index in [0.29, 0.717) is 16.2 Å². The molecule has 2 aromatic carbocycles. The van der Waals surface area contributed by atoms with Crippen LogP contribution in [0.2, 0.25) is 5.02 Å². The zero-order valence-corrected chi connectivity index (χ0v) is 25.5. The minimum Gasteiger partial charge on any atom is -0.497 e. The number of methoxy groups -OCH3 is 2. The van der Waals surface area contributed by atoms with Gasteiger partial charge < -0.3 is 19.5 Å². The van der Waals surface area contributed by atoms with Crippen LogP contribution in [0.3, 0.4) is 0 Å². The van der Waals surface area contributed by atoms with E-state index in [1.807, 2.05) is 18.4 Å². The Bertz CT molecular complexity index is 1640. The maximum Gasteiger partial charge on any atom is 0.274 e. The highest BCUT2D eigenvalue weighted by Gasteiger charge is 2.64. The van der Waals surface area contributed by atoms with Crippen LogP contribution in [0.5, 0.6) is 11.5 Å². The molecule has 218 valence electrons. The first-order valence-electron chi connectivity index (χ1n) is 12.7. The number of hydrogen-bond donors (Lipinski definition) is 1. The molecule has 5 rings (SSSR count). The largest absolute Gasteiger partial charge is 0.497 e. The maximum atomic E-state index is 15.0. The number of anilines is 1. The van der Waals surface area contributed by atoms with Crippen LogP contribution in [0, 0.1) is 6.92 Å². The molecular weight excluding hydrogens is 590 g/mol. The van der Waals surface area contributed by atoms with Gasteiger partial charge in [-0.15, -0.1) is 11.3 Å². The molecular formula is C28H30ClN3O7S2. The van der Waals surface area contributed by atoms with Crippen LogP contribution in [-0.4, -0.2) is 82.1 Å². The van der Waals surface area contributed by atoms with Gasteiger partial charge in [-0.1, -0.05) is 11.6 Å². The molecule has 13 heteroatoms. The van der Waals surface area contributed by atoms with Gasteiger partial charge in [0.1, 0.15) is 16.4 Å². The van der Waals surface area contributed by atoms with Crippen LogP contribution in [0.1, 0.15) is 22.4 Å². The van der Waals surface area contributed by atoms with Gasteiger partial charge in [-0.25, -0.2) is 12.7 Å². The van der Waals surface area contributed by atoms with Gasteiger partial charge in [-0.2, -0.15) is 0 Å². The van der Waals surface area contributed by atoms with E-state index in [9.17, 15) is 18.3 Å². The third kappa shape index (κ3) is 4.40. The molecule has 1 N–H and O–H groups in total. The fourth-order valence-corrected chi connectivity index (χ4v) is 8.68. The van der Waals surface area contributed by atoms with E-state index in [-0.39, 0.29) is 40.2 Å². The molecule has 10 nitrogen and oxygen atoms in total. The molecule has 1 unspecified atom stereocenters. The number of likely N-dealkylation sites (tertiary alicyclic amines) is 1. The van der Waals surface area contributed by atoms with Gasteiger partial charge in [0.25, 0.3) is 15.9 Å². The van der Waals surface area contributed by atoms with Crippen molar-refractivity contribution in [3.05, 3.63) is 68.9 Å². The van der Waals surface area contributed by atoms with Crippen LogP contribution in [0.25, 0.3) is 0 Å². The smallest absolute Gasteiger partial charge is 0.274 e. The number of aryl methyl sites for hydroxylation is 1. The number of benzene rings is 2. The van der Waals surface area contributed by atoms with Gasteiger partial charge in [0.05, 0.1) is 32.1 Å². The number of amides is 2. The second-order valence-corrected chi connectivity index (χ2v) is 13.3. The number of ether oxygens (including phenoxy) is 2. The molecule has 0 saturated carbocycles. The zero-order valence-electron chi connectivity index (χ0n) is 23.1. The van der Waals surface area contributed by atoms with E-state index in [2.05, 4.69) is 0 Å². The Hall–Kier alpha value is -3.16. The number of β-amino-alcohol motifs (C(OH)–C–C–N with tert-alkyl or cyclic N) is 1. The molecule has 0 radical (unpaired) electrons. The average molecular weight is 620 g/mol. The van der Waals surface area contributed by atoms with Crippen molar-refractivity contribution < 1.29 is 32.6 Å². The fraction of sp³-hybridized carbons (Fsp3) is 0.357. The quantitative estimate of drug-likeness (QED) is 0.429. The summed E-state index contributed by atoms with van der Waals surface area (Å²) in [6, 6.07) is 9.71. The summed E-state index contributed by atoms with van der Waals surface area (Å²) >= 11 is 7.77. The Kier molecular flexibility index (Phi) is 7.58. The summed E-state index contributed by atoms with van der Waals surface area (Å²) in [6.07, 6.45) is -0.852. The van der Waals surface area contributed by atoms with Gasteiger partial charge in [-0.3, -0.25) is 14.5 Å². The molecule has 0 bridgehead atoms. The number of sulfonamides is 1. The topological polar surface area (TPSA) is 117 Å². The molecule has 1 saturated heterocycles. The van der Waals surface area contributed by atoms with Gasteiger partial charge in [0.15, 0.2) is 5.54 Å². The molecule has 1 aromatic heterocycles. The number of hydrogen-bond acceptors (Lipinski definition) is 9. The van der Waals surface area contributed by atoms with Crippen molar-refractivity contribution >= 4 is 50.5 Å². The van der Waals surface area contributed by atoms with Crippen molar-refractivity contribution in [1.29, 1.82) is 0 Å². The Morgan fingerprint density at radius 2 is 1.88 bits per heavy atom. The van der Waals surface area contributed by atoms with Crippen molar-refractivity contribution in [2.75, 3.05) is 39.2 Å². The molecule has 0 aliphatic carbocycles. The lowest BCUT2D eigenvalue weighted by Gasteiger charge is -2.41. The SMILES string of the molecule is COc1ccc(S(=O)(=O)N2C(=O)C(c3sccc3C)(N3C[C@H](O)C[C@H]3C(=O)N(C)C)c3cc(Cl)ccc32)c(OC)c1. The van der Waals surface area contributed by atoms with Gasteiger partial charge in [0, 0.05) is 42.2 Å². The normalized spacial score (nSPS) is 22.6. The standard InChI is InChI=1S/C28H30ClN3O7S2/c1-16-10-11-40-25(16)28(31-15-18(33)13-22(31)26(34)30(2)3)20-12-17(29)6-8-21(20)32(27(28)35)41(36,37)24-9-7-19(38-4)14-23(24)39-5/h6-12,14,18,22,33H,13,15H2,1-5H3/t18-,22+,28?/m1/s1. The Morgan fingerprint density at radius 3 is 2.49 bits per heavy atom. The van der Waals surface area contributed by atoms with E-state index < -0.39 is 33.6 Å². The van der Waals surface area contributed by atoms with Crippen molar-refractivity contribution in [2.24, 2.45) is 0 Å². The Morgan fingerprint density at radius 1 is 1.15 bits per heavy atom. The number of rotatable bonds is 7. The molecule has 3 atom stereocenters. The van der Waals surface area contributed by atoms with E-state index in [1.54, 1.807) is 25.1 Å². The van der Waals surface area contributed by atoms with Crippen LogP contribution in [0.4, 0.5) is 5.69 Å². The summed E-state index contributed by atoms with van der Waals surface area (Å²) in [6.45, 7) is 1.78. The third-order valence-corrected chi connectivity index (χ3v) is 10.7. The Balaban J connectivity index is 1.83. The van der Waals surface area contributed by atoms with E-state index in [0.717, 1.165) is 9.87 Å². The number of thiophene rings is 1. The highest BCUT2D eigenvalue weighted by molar-refractivity contribution is 7.93. The monoisotopic (exact) mass is 619 g/mol. The van der Waals surface area contributed by atoms with Gasteiger partial charge in [-0.05, 0) is 60.7 Å². The van der Waals surface area contributed by atoms with Gasteiger partial charge in [0.2, 0.25) is 5.91 Å².